The van der Waals surface area contributed by atoms with Crippen LogP contribution in [0.25, 0.3) is 5.69 Å². The van der Waals surface area contributed by atoms with Gasteiger partial charge in [0.15, 0.2) is 0 Å². The van der Waals surface area contributed by atoms with Crippen molar-refractivity contribution in [1.82, 2.24) is 25.1 Å². The molecule has 1 aliphatic rings. The van der Waals surface area contributed by atoms with Crippen LogP contribution in [0.1, 0.15) is 42.5 Å². The van der Waals surface area contributed by atoms with Crippen LogP contribution >= 0.6 is 11.8 Å². The molecule has 0 saturated heterocycles. The number of carboxylic acids is 1. The van der Waals surface area contributed by atoms with Crippen LogP contribution in [0.5, 0.6) is 0 Å². The minimum Gasteiger partial charge on any atom is -0.478 e. The van der Waals surface area contributed by atoms with Crippen LogP contribution in [0.2, 0.25) is 0 Å². The maximum atomic E-state index is 12.5. The maximum absolute atomic E-state index is 12.5. The highest BCUT2D eigenvalue weighted by atomic mass is 32.2. The first kappa shape index (κ1) is 18.4. The minimum absolute atomic E-state index is 0.0673. The Balaban J connectivity index is 1.63. The van der Waals surface area contributed by atoms with Gasteiger partial charge in [0.1, 0.15) is 0 Å². The van der Waals surface area contributed by atoms with Crippen LogP contribution in [-0.4, -0.2) is 60.9 Å². The number of amides is 1. The van der Waals surface area contributed by atoms with E-state index in [0.717, 1.165) is 12.8 Å². The van der Waals surface area contributed by atoms with Gasteiger partial charge < -0.3 is 10.0 Å². The standard InChI is InChI=1S/C17H21N5O3S/c1-21(13-5-3-2-4-6-13)15(23)11-26-17-18-19-20-22(17)14-9-7-12(8-10-14)16(24)25/h7-10,13H,2-6,11H2,1H3,(H,24,25). The molecule has 1 N–H and O–H groups in total. The molecule has 1 saturated carbocycles. The zero-order valence-corrected chi connectivity index (χ0v) is 15.4. The average Bonchev–Trinajstić information content (AvgIpc) is 3.15. The summed E-state index contributed by atoms with van der Waals surface area (Å²) in [6, 6.07) is 6.60. The molecule has 1 aromatic carbocycles. The van der Waals surface area contributed by atoms with Crippen LogP contribution < -0.4 is 0 Å². The Labute approximate surface area is 155 Å². The summed E-state index contributed by atoms with van der Waals surface area (Å²) in [5.41, 5.74) is 0.843. The Hall–Kier alpha value is -2.42. The van der Waals surface area contributed by atoms with E-state index < -0.39 is 5.97 Å². The molecule has 0 atom stereocenters. The number of aromatic carboxylic acids is 1. The third-order valence-electron chi connectivity index (χ3n) is 4.64. The van der Waals surface area contributed by atoms with Crippen LogP contribution in [-0.2, 0) is 4.79 Å². The van der Waals surface area contributed by atoms with Crippen molar-refractivity contribution >= 4 is 23.6 Å². The molecule has 8 nitrogen and oxygen atoms in total. The van der Waals surface area contributed by atoms with Crippen LogP contribution in [0.3, 0.4) is 0 Å². The number of aromatic nitrogens is 4. The fourth-order valence-electron chi connectivity index (χ4n) is 3.08. The zero-order chi connectivity index (χ0) is 18.5. The lowest BCUT2D eigenvalue weighted by molar-refractivity contribution is -0.129. The van der Waals surface area contributed by atoms with Crippen molar-refractivity contribution in [3.05, 3.63) is 29.8 Å². The molecule has 0 unspecified atom stereocenters. The summed E-state index contributed by atoms with van der Waals surface area (Å²) in [5.74, 6) is -0.655. The smallest absolute Gasteiger partial charge is 0.335 e. The summed E-state index contributed by atoms with van der Waals surface area (Å²) in [6.45, 7) is 0. The van der Waals surface area contributed by atoms with Crippen molar-refractivity contribution in [2.24, 2.45) is 0 Å². The number of nitrogens with zero attached hydrogens (tertiary/aromatic N) is 5. The molecule has 1 heterocycles. The predicted molar refractivity (Wildman–Crippen MR) is 96.5 cm³/mol. The number of carboxylic acid groups (broad SMARTS) is 1. The van der Waals surface area contributed by atoms with Crippen molar-refractivity contribution in [3.63, 3.8) is 0 Å². The highest BCUT2D eigenvalue weighted by Gasteiger charge is 2.22. The van der Waals surface area contributed by atoms with E-state index in [2.05, 4.69) is 15.5 Å². The largest absolute Gasteiger partial charge is 0.478 e. The molecular formula is C17H21N5O3S. The Morgan fingerprint density at radius 1 is 1.23 bits per heavy atom. The topological polar surface area (TPSA) is 101 Å². The molecule has 1 amide bonds. The summed E-state index contributed by atoms with van der Waals surface area (Å²) in [7, 11) is 1.87. The van der Waals surface area contributed by atoms with Gasteiger partial charge in [0, 0.05) is 13.1 Å². The Kier molecular flexibility index (Phi) is 5.87. The van der Waals surface area contributed by atoms with Gasteiger partial charge >= 0.3 is 5.97 Å². The zero-order valence-electron chi connectivity index (χ0n) is 14.5. The lowest BCUT2D eigenvalue weighted by Gasteiger charge is -2.31. The summed E-state index contributed by atoms with van der Waals surface area (Å²) in [5, 5.41) is 21.0. The van der Waals surface area contributed by atoms with Crippen LogP contribution in [0, 0.1) is 0 Å². The van der Waals surface area contributed by atoms with E-state index in [-0.39, 0.29) is 17.2 Å². The van der Waals surface area contributed by atoms with E-state index in [4.69, 9.17) is 5.11 Å². The number of thioether (sulfide) groups is 1. The maximum Gasteiger partial charge on any atom is 0.335 e. The molecule has 0 radical (unpaired) electrons. The van der Waals surface area contributed by atoms with E-state index in [0.29, 0.717) is 16.9 Å². The molecule has 1 aliphatic carbocycles. The Morgan fingerprint density at radius 3 is 2.58 bits per heavy atom. The summed E-state index contributed by atoms with van der Waals surface area (Å²) < 4.78 is 1.50. The van der Waals surface area contributed by atoms with Crippen molar-refractivity contribution in [1.29, 1.82) is 0 Å². The number of hydrogen-bond donors (Lipinski definition) is 1. The first-order valence-corrected chi connectivity index (χ1v) is 9.55. The van der Waals surface area contributed by atoms with Crippen molar-refractivity contribution < 1.29 is 14.7 Å². The van der Waals surface area contributed by atoms with Gasteiger partial charge in [-0.15, -0.1) is 5.10 Å². The van der Waals surface area contributed by atoms with Gasteiger partial charge in [-0.25, -0.2) is 4.79 Å². The molecular weight excluding hydrogens is 354 g/mol. The number of carbonyl (C=O) groups is 2. The molecule has 138 valence electrons. The van der Waals surface area contributed by atoms with E-state index in [1.165, 1.54) is 47.8 Å². The number of hydrogen-bond acceptors (Lipinski definition) is 6. The molecule has 0 aliphatic heterocycles. The molecule has 0 bridgehead atoms. The first-order valence-electron chi connectivity index (χ1n) is 8.57. The van der Waals surface area contributed by atoms with E-state index in [1.54, 1.807) is 12.1 Å². The molecule has 2 aromatic rings. The molecule has 3 rings (SSSR count). The summed E-state index contributed by atoms with van der Waals surface area (Å²) >= 11 is 1.28. The van der Waals surface area contributed by atoms with Gasteiger partial charge in [-0.05, 0) is 47.5 Å². The lowest BCUT2D eigenvalue weighted by Crippen LogP contribution is -2.39. The predicted octanol–water partition coefficient (Wildman–Crippen LogP) is 2.24. The average molecular weight is 375 g/mol. The third kappa shape index (κ3) is 4.21. The number of benzene rings is 1. The highest BCUT2D eigenvalue weighted by Crippen LogP contribution is 2.23. The summed E-state index contributed by atoms with van der Waals surface area (Å²) in [6.07, 6.45) is 5.75. The second kappa shape index (κ2) is 8.31. The fraction of sp³-hybridized carbons (Fsp3) is 0.471. The molecule has 26 heavy (non-hydrogen) atoms. The van der Waals surface area contributed by atoms with E-state index in [9.17, 15) is 9.59 Å². The van der Waals surface area contributed by atoms with Gasteiger partial charge in [0.05, 0.1) is 17.0 Å². The molecule has 0 spiro atoms. The van der Waals surface area contributed by atoms with E-state index in [1.807, 2.05) is 11.9 Å². The number of carbonyl (C=O) groups excluding carboxylic acids is 1. The van der Waals surface area contributed by atoms with Crippen molar-refractivity contribution in [2.75, 3.05) is 12.8 Å². The van der Waals surface area contributed by atoms with Crippen molar-refractivity contribution in [3.8, 4) is 5.69 Å². The second-order valence-electron chi connectivity index (χ2n) is 6.31. The van der Waals surface area contributed by atoms with Crippen LogP contribution in [0.15, 0.2) is 29.4 Å². The van der Waals surface area contributed by atoms with E-state index >= 15 is 0 Å². The fourth-order valence-corrected chi connectivity index (χ4v) is 3.89. The number of tetrazole rings is 1. The third-order valence-corrected chi connectivity index (χ3v) is 5.54. The summed E-state index contributed by atoms with van der Waals surface area (Å²) in [4.78, 5) is 25.3. The van der Waals surface area contributed by atoms with Gasteiger partial charge in [-0.2, -0.15) is 4.68 Å². The van der Waals surface area contributed by atoms with Gasteiger partial charge in [-0.1, -0.05) is 31.0 Å². The quantitative estimate of drug-likeness (QED) is 0.773. The Morgan fingerprint density at radius 2 is 1.92 bits per heavy atom. The number of rotatable bonds is 6. The monoisotopic (exact) mass is 375 g/mol. The first-order chi connectivity index (χ1) is 12.6. The van der Waals surface area contributed by atoms with Crippen molar-refractivity contribution in [2.45, 2.75) is 43.3 Å². The molecule has 1 aromatic heterocycles. The Bertz CT molecular complexity index is 771. The lowest BCUT2D eigenvalue weighted by atomic mass is 9.94. The van der Waals surface area contributed by atoms with Crippen LogP contribution in [0.4, 0.5) is 0 Å². The SMILES string of the molecule is CN(C(=O)CSc1nnnn1-c1ccc(C(=O)O)cc1)C1CCCCC1. The molecule has 1 fully saturated rings. The van der Waals surface area contributed by atoms with Gasteiger partial charge in [0.25, 0.3) is 0 Å². The minimum atomic E-state index is -0.987. The highest BCUT2D eigenvalue weighted by molar-refractivity contribution is 7.99. The molecule has 9 heteroatoms. The van der Waals surface area contributed by atoms with Gasteiger partial charge in [-0.3, -0.25) is 4.79 Å². The van der Waals surface area contributed by atoms with Gasteiger partial charge in [0.2, 0.25) is 11.1 Å². The second-order valence-corrected chi connectivity index (χ2v) is 7.25. The normalized spacial score (nSPS) is 15.0.